The number of methoxy groups -OCH3 is 1. The number of amides is 1. The van der Waals surface area contributed by atoms with Crippen molar-refractivity contribution in [3.05, 3.63) is 70.6 Å². The number of hydrogen-bond acceptors (Lipinski definition) is 5. The third-order valence-corrected chi connectivity index (χ3v) is 4.76. The highest BCUT2D eigenvalue weighted by Crippen LogP contribution is 2.29. The minimum absolute atomic E-state index is 0.331. The van der Waals surface area contributed by atoms with Crippen LogP contribution in [0.4, 0.5) is 5.69 Å². The molecule has 1 amide bonds. The Labute approximate surface area is 170 Å². The number of imidazole rings is 1. The molecule has 0 radical (unpaired) electrons. The van der Waals surface area contributed by atoms with E-state index in [1.165, 1.54) is 6.92 Å². The zero-order valence-corrected chi connectivity index (χ0v) is 16.3. The Balaban J connectivity index is 1.51. The van der Waals surface area contributed by atoms with Gasteiger partial charge in [-0.1, -0.05) is 24.3 Å². The van der Waals surface area contributed by atoms with Gasteiger partial charge in [0.15, 0.2) is 6.10 Å². The van der Waals surface area contributed by atoms with Gasteiger partial charge in [0.05, 0.1) is 23.7 Å². The highest BCUT2D eigenvalue weighted by Gasteiger charge is 2.21. The Bertz CT molecular complexity index is 1320. The number of anilines is 1. The van der Waals surface area contributed by atoms with E-state index in [9.17, 15) is 14.4 Å². The molecule has 8 heteroatoms. The standard InChI is InChI=1S/C22H19N3O5/c1-12(20(26)23-13-7-9-17-18(11-13)25-22(28)24-17)30-21(27)16-8-10-19(29-2)15-6-4-3-5-14(15)16/h3-12H,1-2H3,(H,23,26)(H2,24,25,28)/t12-/m1/s1. The fraction of sp³-hybridized carbons (Fsp3) is 0.136. The summed E-state index contributed by atoms with van der Waals surface area (Å²) in [5.41, 5.74) is 1.68. The van der Waals surface area contributed by atoms with Gasteiger partial charge in [-0.15, -0.1) is 0 Å². The number of esters is 1. The summed E-state index contributed by atoms with van der Waals surface area (Å²) in [5.74, 6) is -0.452. The van der Waals surface area contributed by atoms with E-state index in [-0.39, 0.29) is 5.69 Å². The Morgan fingerprint density at radius 3 is 2.47 bits per heavy atom. The van der Waals surface area contributed by atoms with E-state index in [2.05, 4.69) is 15.3 Å². The molecule has 0 fully saturated rings. The fourth-order valence-corrected chi connectivity index (χ4v) is 3.26. The van der Waals surface area contributed by atoms with Gasteiger partial charge in [0.1, 0.15) is 5.75 Å². The molecule has 0 bridgehead atoms. The second-order valence-corrected chi connectivity index (χ2v) is 6.74. The lowest BCUT2D eigenvalue weighted by atomic mass is 10.0. The molecule has 4 aromatic rings. The monoisotopic (exact) mass is 405 g/mol. The molecule has 0 aliphatic carbocycles. The van der Waals surface area contributed by atoms with Gasteiger partial charge >= 0.3 is 11.7 Å². The first-order valence-electron chi connectivity index (χ1n) is 9.26. The summed E-state index contributed by atoms with van der Waals surface area (Å²) < 4.78 is 10.7. The Kier molecular flexibility index (Phi) is 4.97. The average Bonchev–Trinajstić information content (AvgIpc) is 3.12. The molecule has 0 spiro atoms. The molecule has 152 valence electrons. The first kappa shape index (κ1) is 19.3. The zero-order valence-electron chi connectivity index (χ0n) is 16.3. The summed E-state index contributed by atoms with van der Waals surface area (Å²) in [4.78, 5) is 41.8. The van der Waals surface area contributed by atoms with E-state index in [0.29, 0.717) is 33.4 Å². The Morgan fingerprint density at radius 1 is 0.967 bits per heavy atom. The van der Waals surface area contributed by atoms with Crippen LogP contribution in [-0.2, 0) is 9.53 Å². The topological polar surface area (TPSA) is 113 Å². The summed E-state index contributed by atoms with van der Waals surface area (Å²) in [6.07, 6.45) is -1.03. The summed E-state index contributed by atoms with van der Waals surface area (Å²) in [6, 6.07) is 15.6. The predicted octanol–water partition coefficient (Wildman–Crippen LogP) is 3.20. The summed E-state index contributed by atoms with van der Waals surface area (Å²) in [6.45, 7) is 1.50. The van der Waals surface area contributed by atoms with Gasteiger partial charge in [-0.25, -0.2) is 9.59 Å². The van der Waals surface area contributed by atoms with Gasteiger partial charge in [0, 0.05) is 11.1 Å². The zero-order chi connectivity index (χ0) is 21.3. The third-order valence-electron chi connectivity index (χ3n) is 4.76. The number of nitrogens with one attached hydrogen (secondary N) is 3. The number of ether oxygens (including phenoxy) is 2. The van der Waals surface area contributed by atoms with Gasteiger partial charge in [0.25, 0.3) is 5.91 Å². The van der Waals surface area contributed by atoms with Crippen LogP contribution in [0, 0.1) is 0 Å². The molecule has 30 heavy (non-hydrogen) atoms. The van der Waals surface area contributed by atoms with Crippen molar-refractivity contribution in [1.82, 2.24) is 9.97 Å². The number of aromatic nitrogens is 2. The van der Waals surface area contributed by atoms with E-state index in [4.69, 9.17) is 9.47 Å². The minimum atomic E-state index is -1.03. The number of hydrogen-bond donors (Lipinski definition) is 3. The maximum absolute atomic E-state index is 12.7. The molecule has 1 atom stereocenters. The van der Waals surface area contributed by atoms with Crippen LogP contribution in [0.15, 0.2) is 59.4 Å². The number of aromatic amines is 2. The normalized spacial score (nSPS) is 11.9. The van der Waals surface area contributed by atoms with Crippen LogP contribution < -0.4 is 15.7 Å². The average molecular weight is 405 g/mol. The second kappa shape index (κ2) is 7.75. The van der Waals surface area contributed by atoms with Crippen LogP contribution in [0.5, 0.6) is 5.75 Å². The van der Waals surface area contributed by atoms with E-state index < -0.39 is 18.0 Å². The smallest absolute Gasteiger partial charge is 0.339 e. The van der Waals surface area contributed by atoms with Gasteiger partial charge < -0.3 is 24.8 Å². The van der Waals surface area contributed by atoms with E-state index in [1.807, 2.05) is 18.2 Å². The highest BCUT2D eigenvalue weighted by molar-refractivity contribution is 6.07. The number of H-pyrrole nitrogens is 2. The lowest BCUT2D eigenvalue weighted by Crippen LogP contribution is -2.30. The van der Waals surface area contributed by atoms with Crippen LogP contribution in [-0.4, -0.2) is 35.1 Å². The molecule has 3 N–H and O–H groups in total. The molecule has 0 saturated heterocycles. The summed E-state index contributed by atoms with van der Waals surface area (Å²) in [5, 5.41) is 4.14. The molecular weight excluding hydrogens is 386 g/mol. The molecule has 8 nitrogen and oxygen atoms in total. The number of carbonyl (C=O) groups is 2. The first-order valence-corrected chi connectivity index (χ1v) is 9.26. The first-order chi connectivity index (χ1) is 14.5. The molecule has 1 heterocycles. The van der Waals surface area contributed by atoms with Crippen LogP contribution in [0.1, 0.15) is 17.3 Å². The lowest BCUT2D eigenvalue weighted by molar-refractivity contribution is -0.123. The van der Waals surface area contributed by atoms with Crippen molar-refractivity contribution in [2.75, 3.05) is 12.4 Å². The van der Waals surface area contributed by atoms with Crippen molar-refractivity contribution in [3.63, 3.8) is 0 Å². The van der Waals surface area contributed by atoms with Crippen molar-refractivity contribution >= 4 is 39.4 Å². The highest BCUT2D eigenvalue weighted by atomic mass is 16.5. The van der Waals surface area contributed by atoms with E-state index in [1.54, 1.807) is 43.5 Å². The maximum atomic E-state index is 12.7. The minimum Gasteiger partial charge on any atom is -0.496 e. The number of carbonyl (C=O) groups excluding carboxylic acids is 2. The Hall–Kier alpha value is -4.07. The molecule has 0 saturated carbocycles. The van der Waals surface area contributed by atoms with Gasteiger partial charge in [-0.05, 0) is 42.6 Å². The van der Waals surface area contributed by atoms with Crippen molar-refractivity contribution < 1.29 is 19.1 Å². The SMILES string of the molecule is COc1ccc(C(=O)O[C@H](C)C(=O)Nc2ccc3[nH]c(=O)[nH]c3c2)c2ccccc12. The molecule has 1 aromatic heterocycles. The van der Waals surface area contributed by atoms with Crippen LogP contribution in [0.2, 0.25) is 0 Å². The van der Waals surface area contributed by atoms with Crippen LogP contribution >= 0.6 is 0 Å². The third kappa shape index (κ3) is 3.62. The maximum Gasteiger partial charge on any atom is 0.339 e. The van der Waals surface area contributed by atoms with Crippen molar-refractivity contribution in [1.29, 1.82) is 0 Å². The number of rotatable bonds is 5. The van der Waals surface area contributed by atoms with Crippen LogP contribution in [0.25, 0.3) is 21.8 Å². The summed E-state index contributed by atoms with van der Waals surface area (Å²) >= 11 is 0. The van der Waals surface area contributed by atoms with E-state index in [0.717, 1.165) is 5.39 Å². The fourth-order valence-electron chi connectivity index (χ4n) is 3.26. The van der Waals surface area contributed by atoms with Crippen LogP contribution in [0.3, 0.4) is 0 Å². The molecule has 0 aliphatic rings. The van der Waals surface area contributed by atoms with Crippen molar-refractivity contribution in [2.24, 2.45) is 0 Å². The predicted molar refractivity (Wildman–Crippen MR) is 113 cm³/mol. The van der Waals surface area contributed by atoms with Gasteiger partial charge in [-0.3, -0.25) is 4.79 Å². The molecule has 0 unspecified atom stereocenters. The number of fused-ring (bicyclic) bond motifs is 2. The van der Waals surface area contributed by atoms with Gasteiger partial charge in [0.2, 0.25) is 0 Å². The summed E-state index contributed by atoms with van der Waals surface area (Å²) in [7, 11) is 1.56. The molecule has 0 aliphatic heterocycles. The van der Waals surface area contributed by atoms with Crippen molar-refractivity contribution in [2.45, 2.75) is 13.0 Å². The van der Waals surface area contributed by atoms with Crippen molar-refractivity contribution in [3.8, 4) is 5.75 Å². The number of benzene rings is 3. The second-order valence-electron chi connectivity index (χ2n) is 6.74. The Morgan fingerprint density at radius 2 is 1.70 bits per heavy atom. The quantitative estimate of drug-likeness (QED) is 0.441. The molecular formula is C22H19N3O5. The van der Waals surface area contributed by atoms with E-state index >= 15 is 0 Å². The molecule has 4 rings (SSSR count). The largest absolute Gasteiger partial charge is 0.496 e. The van der Waals surface area contributed by atoms with Gasteiger partial charge in [-0.2, -0.15) is 0 Å². The lowest BCUT2D eigenvalue weighted by Gasteiger charge is -2.15. The molecule has 3 aromatic carbocycles.